The quantitative estimate of drug-likeness (QED) is 0.809. The second-order valence-corrected chi connectivity index (χ2v) is 6.68. The number of ether oxygens (including phenoxy) is 1. The molecular formula is C21H24N2O3. The third-order valence-corrected chi connectivity index (χ3v) is 4.75. The van der Waals surface area contributed by atoms with Crippen LogP contribution in [0.2, 0.25) is 0 Å². The van der Waals surface area contributed by atoms with Gasteiger partial charge < -0.3 is 10.1 Å². The van der Waals surface area contributed by atoms with Crippen LogP contribution in [0.4, 0.5) is 4.79 Å². The van der Waals surface area contributed by atoms with Crippen molar-refractivity contribution in [3.8, 4) is 5.75 Å². The Labute approximate surface area is 154 Å². The molecule has 1 saturated heterocycles. The summed E-state index contributed by atoms with van der Waals surface area (Å²) >= 11 is 0. The predicted octanol–water partition coefficient (Wildman–Crippen LogP) is 3.54. The number of benzene rings is 2. The Morgan fingerprint density at radius 2 is 1.69 bits per heavy atom. The first-order chi connectivity index (χ1) is 12.5. The van der Waals surface area contributed by atoms with Gasteiger partial charge in [0.2, 0.25) is 0 Å². The van der Waals surface area contributed by atoms with E-state index in [0.717, 1.165) is 22.4 Å². The molecule has 3 amide bonds. The number of hydrogen-bond donors (Lipinski definition) is 1. The highest BCUT2D eigenvalue weighted by molar-refractivity contribution is 6.07. The van der Waals surface area contributed by atoms with Crippen LogP contribution in [0.3, 0.4) is 0 Å². The van der Waals surface area contributed by atoms with E-state index in [2.05, 4.69) is 11.4 Å². The molecule has 1 atom stereocenters. The van der Waals surface area contributed by atoms with E-state index in [9.17, 15) is 9.59 Å². The molecule has 0 aromatic heterocycles. The van der Waals surface area contributed by atoms with E-state index in [1.807, 2.05) is 63.2 Å². The fourth-order valence-corrected chi connectivity index (χ4v) is 3.46. The first kappa shape index (κ1) is 18.0. The SMILES string of the molecule is CC[C@@]1(c2ccccc2)NC(=O)N(CCOc2cc(C)cc(C)c2)C1=O. The third-order valence-electron chi connectivity index (χ3n) is 4.75. The molecule has 0 spiro atoms. The summed E-state index contributed by atoms with van der Waals surface area (Å²) in [6.45, 7) is 6.39. The van der Waals surface area contributed by atoms with Gasteiger partial charge in [-0.05, 0) is 49.1 Å². The van der Waals surface area contributed by atoms with Crippen LogP contribution in [-0.2, 0) is 10.3 Å². The Morgan fingerprint density at radius 3 is 2.31 bits per heavy atom. The number of rotatable bonds is 6. The summed E-state index contributed by atoms with van der Waals surface area (Å²) in [5.41, 5.74) is 2.05. The van der Waals surface area contributed by atoms with Gasteiger partial charge in [-0.15, -0.1) is 0 Å². The van der Waals surface area contributed by atoms with E-state index in [4.69, 9.17) is 4.74 Å². The second kappa shape index (κ2) is 7.20. The summed E-state index contributed by atoms with van der Waals surface area (Å²) in [6.07, 6.45) is 0.496. The number of imide groups is 1. The van der Waals surface area contributed by atoms with E-state index < -0.39 is 5.54 Å². The van der Waals surface area contributed by atoms with Crippen LogP contribution < -0.4 is 10.1 Å². The lowest BCUT2D eigenvalue weighted by atomic mass is 9.87. The van der Waals surface area contributed by atoms with Gasteiger partial charge in [0.25, 0.3) is 5.91 Å². The van der Waals surface area contributed by atoms with Gasteiger partial charge >= 0.3 is 6.03 Å². The fraction of sp³-hybridized carbons (Fsp3) is 0.333. The van der Waals surface area contributed by atoms with Gasteiger partial charge in [-0.2, -0.15) is 0 Å². The van der Waals surface area contributed by atoms with Crippen molar-refractivity contribution in [1.82, 2.24) is 10.2 Å². The molecule has 2 aromatic rings. The van der Waals surface area contributed by atoms with Gasteiger partial charge in [-0.1, -0.05) is 43.3 Å². The summed E-state index contributed by atoms with van der Waals surface area (Å²) in [5.74, 6) is 0.527. The molecule has 0 unspecified atom stereocenters. The molecule has 5 heteroatoms. The Balaban J connectivity index is 1.71. The highest BCUT2D eigenvalue weighted by atomic mass is 16.5. The molecule has 1 aliphatic heterocycles. The molecule has 1 heterocycles. The monoisotopic (exact) mass is 352 g/mol. The maximum absolute atomic E-state index is 13.0. The molecule has 5 nitrogen and oxygen atoms in total. The molecule has 3 rings (SSSR count). The van der Waals surface area contributed by atoms with Crippen LogP contribution in [0.25, 0.3) is 0 Å². The van der Waals surface area contributed by atoms with Crippen LogP contribution in [0.15, 0.2) is 48.5 Å². The zero-order valence-electron chi connectivity index (χ0n) is 15.4. The number of urea groups is 1. The van der Waals surface area contributed by atoms with E-state index in [1.54, 1.807) is 0 Å². The normalized spacial score (nSPS) is 19.6. The summed E-state index contributed by atoms with van der Waals surface area (Å²) < 4.78 is 5.76. The summed E-state index contributed by atoms with van der Waals surface area (Å²) in [7, 11) is 0. The maximum atomic E-state index is 13.0. The molecule has 1 N–H and O–H groups in total. The van der Waals surface area contributed by atoms with Gasteiger partial charge in [0.05, 0.1) is 6.54 Å². The topological polar surface area (TPSA) is 58.6 Å². The lowest BCUT2D eigenvalue weighted by Gasteiger charge is -2.25. The van der Waals surface area contributed by atoms with Gasteiger partial charge in [0.15, 0.2) is 0 Å². The second-order valence-electron chi connectivity index (χ2n) is 6.68. The molecule has 26 heavy (non-hydrogen) atoms. The number of aryl methyl sites for hydroxylation is 2. The van der Waals surface area contributed by atoms with E-state index in [-0.39, 0.29) is 25.1 Å². The van der Waals surface area contributed by atoms with Crippen molar-refractivity contribution >= 4 is 11.9 Å². The first-order valence-corrected chi connectivity index (χ1v) is 8.87. The van der Waals surface area contributed by atoms with Crippen LogP contribution in [-0.4, -0.2) is 30.0 Å². The van der Waals surface area contributed by atoms with Crippen LogP contribution in [0, 0.1) is 13.8 Å². The summed E-state index contributed by atoms with van der Waals surface area (Å²) in [6, 6.07) is 15.0. The Kier molecular flexibility index (Phi) is 4.98. The summed E-state index contributed by atoms with van der Waals surface area (Å²) in [4.78, 5) is 26.7. The standard InChI is InChI=1S/C21H24N2O3/c1-4-21(17-8-6-5-7-9-17)19(24)23(20(25)22-21)10-11-26-18-13-15(2)12-16(3)14-18/h5-9,12-14H,4,10-11H2,1-3H3,(H,22,25)/t21-/m0/s1. The van der Waals surface area contributed by atoms with E-state index >= 15 is 0 Å². The molecule has 2 aromatic carbocycles. The molecule has 1 fully saturated rings. The zero-order chi connectivity index (χ0) is 18.7. The lowest BCUT2D eigenvalue weighted by molar-refractivity contribution is -0.132. The lowest BCUT2D eigenvalue weighted by Crippen LogP contribution is -2.43. The predicted molar refractivity (Wildman–Crippen MR) is 100 cm³/mol. The van der Waals surface area contributed by atoms with Crippen molar-refractivity contribution in [2.45, 2.75) is 32.7 Å². The molecule has 0 bridgehead atoms. The van der Waals surface area contributed by atoms with Crippen molar-refractivity contribution in [2.24, 2.45) is 0 Å². The van der Waals surface area contributed by atoms with Crippen molar-refractivity contribution in [1.29, 1.82) is 0 Å². The molecule has 136 valence electrons. The average Bonchev–Trinajstić information content (AvgIpc) is 2.86. The Morgan fingerprint density at radius 1 is 1.04 bits per heavy atom. The highest BCUT2D eigenvalue weighted by Crippen LogP contribution is 2.32. The van der Waals surface area contributed by atoms with Crippen molar-refractivity contribution in [3.63, 3.8) is 0 Å². The van der Waals surface area contributed by atoms with E-state index in [0.29, 0.717) is 6.42 Å². The largest absolute Gasteiger partial charge is 0.492 e. The molecule has 0 aliphatic carbocycles. The summed E-state index contributed by atoms with van der Waals surface area (Å²) in [5, 5.41) is 2.88. The molecule has 1 aliphatic rings. The fourth-order valence-electron chi connectivity index (χ4n) is 3.46. The Bertz CT molecular complexity index is 799. The highest BCUT2D eigenvalue weighted by Gasteiger charge is 2.50. The Hall–Kier alpha value is -2.82. The molecule has 0 saturated carbocycles. The van der Waals surface area contributed by atoms with E-state index in [1.165, 1.54) is 4.90 Å². The molecule has 0 radical (unpaired) electrons. The van der Waals surface area contributed by atoms with Crippen molar-refractivity contribution in [2.75, 3.05) is 13.2 Å². The smallest absolute Gasteiger partial charge is 0.325 e. The third kappa shape index (κ3) is 3.29. The minimum atomic E-state index is -0.988. The number of nitrogens with zero attached hydrogens (tertiary/aromatic N) is 1. The zero-order valence-corrected chi connectivity index (χ0v) is 15.4. The minimum Gasteiger partial charge on any atom is -0.492 e. The van der Waals surface area contributed by atoms with Crippen LogP contribution >= 0.6 is 0 Å². The first-order valence-electron chi connectivity index (χ1n) is 8.87. The van der Waals surface area contributed by atoms with Crippen LogP contribution in [0.5, 0.6) is 5.75 Å². The van der Waals surface area contributed by atoms with Crippen molar-refractivity contribution < 1.29 is 14.3 Å². The number of hydrogen-bond acceptors (Lipinski definition) is 3. The van der Waals surface area contributed by atoms with Gasteiger partial charge in [-0.3, -0.25) is 9.69 Å². The van der Waals surface area contributed by atoms with Gasteiger partial charge in [0, 0.05) is 0 Å². The van der Waals surface area contributed by atoms with Gasteiger partial charge in [0.1, 0.15) is 17.9 Å². The number of amides is 3. The van der Waals surface area contributed by atoms with Crippen LogP contribution in [0.1, 0.15) is 30.0 Å². The minimum absolute atomic E-state index is 0.215. The molecular weight excluding hydrogens is 328 g/mol. The number of carbonyl (C=O) groups is 2. The average molecular weight is 352 g/mol. The van der Waals surface area contributed by atoms with Gasteiger partial charge in [-0.25, -0.2) is 4.79 Å². The number of carbonyl (C=O) groups excluding carboxylic acids is 2. The maximum Gasteiger partial charge on any atom is 0.325 e. The van der Waals surface area contributed by atoms with Crippen molar-refractivity contribution in [3.05, 3.63) is 65.2 Å². The number of nitrogens with one attached hydrogen (secondary N) is 1.